The number of nitrogens with zero attached hydrogens (tertiary/aromatic N) is 2. The quantitative estimate of drug-likeness (QED) is 0.904. The molecule has 0 saturated carbocycles. The smallest absolute Gasteiger partial charge is 0.404 e. The number of amides is 1. The van der Waals surface area contributed by atoms with Crippen molar-refractivity contribution in [1.82, 2.24) is 4.98 Å². The summed E-state index contributed by atoms with van der Waals surface area (Å²) in [5.74, 6) is 0.707. The molecule has 0 bridgehead atoms. The summed E-state index contributed by atoms with van der Waals surface area (Å²) in [5.41, 5.74) is 4.89. The maximum Gasteiger partial charge on any atom is 0.404 e. The molecule has 1 aliphatic rings. The highest BCUT2D eigenvalue weighted by molar-refractivity contribution is 9.10. The summed E-state index contributed by atoms with van der Waals surface area (Å²) in [6.07, 6.45) is -0.875. The van der Waals surface area contributed by atoms with Gasteiger partial charge in [0.25, 0.3) is 0 Å². The second-order valence-corrected chi connectivity index (χ2v) is 4.98. The molecule has 1 aromatic rings. The third-order valence-corrected chi connectivity index (χ3v) is 3.25. The predicted molar refractivity (Wildman–Crippen MR) is 68.1 cm³/mol. The predicted octanol–water partition coefficient (Wildman–Crippen LogP) is 1.86. The SMILES string of the molecule is NC(=O)OC1CCN(c2ccc(Br)cn2)CC1F. The van der Waals surface area contributed by atoms with Crippen LogP contribution in [-0.4, -0.2) is 36.4 Å². The summed E-state index contributed by atoms with van der Waals surface area (Å²) in [6.45, 7) is 0.722. The van der Waals surface area contributed by atoms with Gasteiger partial charge >= 0.3 is 6.09 Å². The van der Waals surface area contributed by atoms with Gasteiger partial charge in [-0.25, -0.2) is 14.2 Å². The van der Waals surface area contributed by atoms with Gasteiger partial charge < -0.3 is 15.4 Å². The normalized spacial score (nSPS) is 23.8. The van der Waals surface area contributed by atoms with Gasteiger partial charge in [0.15, 0.2) is 6.17 Å². The number of rotatable bonds is 2. The fourth-order valence-corrected chi connectivity index (χ4v) is 2.16. The Bertz CT molecular complexity index is 429. The molecule has 2 atom stereocenters. The standard InChI is InChI=1S/C11H13BrFN3O2/c12-7-1-2-10(15-5-7)16-4-3-9(8(13)6-16)18-11(14)17/h1-2,5,8-9H,3-4,6H2,(H2,14,17). The summed E-state index contributed by atoms with van der Waals surface area (Å²) < 4.78 is 19.4. The van der Waals surface area contributed by atoms with E-state index in [1.54, 1.807) is 6.20 Å². The van der Waals surface area contributed by atoms with Crippen molar-refractivity contribution in [1.29, 1.82) is 0 Å². The molecule has 0 spiro atoms. The van der Waals surface area contributed by atoms with Crippen molar-refractivity contribution in [3.8, 4) is 0 Å². The third-order valence-electron chi connectivity index (χ3n) is 2.79. The van der Waals surface area contributed by atoms with Crippen molar-refractivity contribution in [2.24, 2.45) is 5.73 Å². The fraction of sp³-hybridized carbons (Fsp3) is 0.455. The molecule has 2 rings (SSSR count). The second-order valence-electron chi connectivity index (χ2n) is 4.06. The molecule has 5 nitrogen and oxygen atoms in total. The van der Waals surface area contributed by atoms with Crippen LogP contribution in [0.3, 0.4) is 0 Å². The van der Waals surface area contributed by atoms with Gasteiger partial charge in [0.2, 0.25) is 0 Å². The lowest BCUT2D eigenvalue weighted by Gasteiger charge is -2.34. The summed E-state index contributed by atoms with van der Waals surface area (Å²) in [4.78, 5) is 16.6. The molecule has 1 amide bonds. The Morgan fingerprint density at radius 2 is 2.39 bits per heavy atom. The van der Waals surface area contributed by atoms with E-state index in [-0.39, 0.29) is 6.54 Å². The number of pyridine rings is 1. The molecule has 2 unspecified atom stereocenters. The monoisotopic (exact) mass is 317 g/mol. The molecule has 1 saturated heterocycles. The first-order chi connectivity index (χ1) is 8.56. The maximum absolute atomic E-state index is 13.8. The molecule has 2 heterocycles. The van der Waals surface area contributed by atoms with E-state index in [9.17, 15) is 9.18 Å². The van der Waals surface area contributed by atoms with Crippen LogP contribution in [-0.2, 0) is 4.74 Å². The number of aromatic nitrogens is 1. The van der Waals surface area contributed by atoms with Crippen LogP contribution in [0.25, 0.3) is 0 Å². The summed E-state index contributed by atoms with van der Waals surface area (Å²) in [5, 5.41) is 0. The van der Waals surface area contributed by atoms with Crippen LogP contribution in [0, 0.1) is 0 Å². The molecular weight excluding hydrogens is 305 g/mol. The molecule has 7 heteroatoms. The van der Waals surface area contributed by atoms with E-state index in [4.69, 9.17) is 10.5 Å². The molecule has 1 fully saturated rings. The molecule has 98 valence electrons. The highest BCUT2D eigenvalue weighted by Gasteiger charge is 2.32. The Labute approximate surface area is 112 Å². The number of hydrogen-bond donors (Lipinski definition) is 1. The number of piperidine rings is 1. The van der Waals surface area contributed by atoms with Crippen LogP contribution in [0.4, 0.5) is 15.0 Å². The highest BCUT2D eigenvalue weighted by atomic mass is 79.9. The number of carbonyl (C=O) groups is 1. The summed E-state index contributed by atoms with van der Waals surface area (Å²) in [6, 6.07) is 3.66. The first kappa shape index (κ1) is 13.1. The lowest BCUT2D eigenvalue weighted by molar-refractivity contribution is 0.0379. The zero-order chi connectivity index (χ0) is 13.1. The highest BCUT2D eigenvalue weighted by Crippen LogP contribution is 2.22. The van der Waals surface area contributed by atoms with Gasteiger partial charge in [0.05, 0.1) is 6.54 Å². The molecule has 0 aliphatic carbocycles. The molecular formula is C11H13BrFN3O2. The van der Waals surface area contributed by atoms with Gasteiger partial charge in [0, 0.05) is 23.6 Å². The number of anilines is 1. The Balaban J connectivity index is 1.99. The number of carbonyl (C=O) groups excluding carboxylic acids is 1. The lowest BCUT2D eigenvalue weighted by atomic mass is 10.1. The average molecular weight is 318 g/mol. The third kappa shape index (κ3) is 3.10. The second kappa shape index (κ2) is 5.51. The van der Waals surface area contributed by atoms with Crippen molar-refractivity contribution in [2.45, 2.75) is 18.7 Å². The van der Waals surface area contributed by atoms with Gasteiger partial charge in [-0.3, -0.25) is 0 Å². The number of halogens is 2. The topological polar surface area (TPSA) is 68.5 Å². The van der Waals surface area contributed by atoms with Crippen LogP contribution in [0.2, 0.25) is 0 Å². The number of nitrogens with two attached hydrogens (primary N) is 1. The Morgan fingerprint density at radius 3 is 2.94 bits per heavy atom. The number of alkyl halides is 1. The zero-order valence-corrected chi connectivity index (χ0v) is 11.1. The average Bonchev–Trinajstić information content (AvgIpc) is 2.32. The van der Waals surface area contributed by atoms with Gasteiger partial charge in [-0.2, -0.15) is 0 Å². The molecule has 2 N–H and O–H groups in total. The van der Waals surface area contributed by atoms with E-state index < -0.39 is 18.4 Å². The molecule has 0 radical (unpaired) electrons. The van der Waals surface area contributed by atoms with Gasteiger partial charge in [-0.15, -0.1) is 0 Å². The maximum atomic E-state index is 13.8. The van der Waals surface area contributed by atoms with Crippen LogP contribution < -0.4 is 10.6 Å². The van der Waals surface area contributed by atoms with Crippen molar-refractivity contribution >= 4 is 27.8 Å². The van der Waals surface area contributed by atoms with E-state index in [2.05, 4.69) is 20.9 Å². The number of hydrogen-bond acceptors (Lipinski definition) is 4. The van der Waals surface area contributed by atoms with E-state index >= 15 is 0 Å². The lowest BCUT2D eigenvalue weighted by Crippen LogP contribution is -2.47. The van der Waals surface area contributed by atoms with Crippen LogP contribution >= 0.6 is 15.9 Å². The van der Waals surface area contributed by atoms with Crippen molar-refractivity contribution in [3.05, 3.63) is 22.8 Å². The first-order valence-electron chi connectivity index (χ1n) is 5.53. The van der Waals surface area contributed by atoms with E-state index in [0.29, 0.717) is 18.8 Å². The van der Waals surface area contributed by atoms with Gasteiger partial charge in [0.1, 0.15) is 11.9 Å². The minimum absolute atomic E-state index is 0.145. The molecule has 0 aromatic carbocycles. The van der Waals surface area contributed by atoms with Crippen LogP contribution in [0.5, 0.6) is 0 Å². The van der Waals surface area contributed by atoms with Gasteiger partial charge in [-0.05, 0) is 28.1 Å². The van der Waals surface area contributed by atoms with Crippen LogP contribution in [0.1, 0.15) is 6.42 Å². The first-order valence-corrected chi connectivity index (χ1v) is 6.32. The van der Waals surface area contributed by atoms with Crippen molar-refractivity contribution in [3.63, 3.8) is 0 Å². The Kier molecular flexibility index (Phi) is 4.00. The molecule has 18 heavy (non-hydrogen) atoms. The Hall–Kier alpha value is -1.37. The fourth-order valence-electron chi connectivity index (χ4n) is 1.93. The summed E-state index contributed by atoms with van der Waals surface area (Å²) >= 11 is 3.29. The number of primary amides is 1. The van der Waals surface area contributed by atoms with E-state index in [1.807, 2.05) is 17.0 Å². The Morgan fingerprint density at radius 1 is 1.61 bits per heavy atom. The van der Waals surface area contributed by atoms with E-state index in [1.165, 1.54) is 0 Å². The zero-order valence-electron chi connectivity index (χ0n) is 9.55. The minimum Gasteiger partial charge on any atom is -0.443 e. The van der Waals surface area contributed by atoms with Crippen molar-refractivity contribution in [2.75, 3.05) is 18.0 Å². The molecule has 1 aliphatic heterocycles. The van der Waals surface area contributed by atoms with Crippen molar-refractivity contribution < 1.29 is 13.9 Å². The van der Waals surface area contributed by atoms with Gasteiger partial charge in [-0.1, -0.05) is 0 Å². The molecule has 1 aromatic heterocycles. The number of ether oxygens (including phenoxy) is 1. The van der Waals surface area contributed by atoms with Crippen LogP contribution in [0.15, 0.2) is 22.8 Å². The van der Waals surface area contributed by atoms with E-state index in [0.717, 1.165) is 4.47 Å². The summed E-state index contributed by atoms with van der Waals surface area (Å²) in [7, 11) is 0. The largest absolute Gasteiger partial charge is 0.443 e. The minimum atomic E-state index is -1.25.